The van der Waals surface area contributed by atoms with Crippen LogP contribution >= 0.6 is 39.5 Å². The minimum Gasteiger partial charge on any atom is -0.459 e. The Kier molecular flexibility index (Phi) is 9.22. The molecule has 1 atom stereocenters. The Morgan fingerprint density at radius 3 is 2.90 bits per heavy atom. The van der Waals surface area contributed by atoms with Crippen molar-refractivity contribution in [2.24, 2.45) is 0 Å². The van der Waals surface area contributed by atoms with Crippen molar-refractivity contribution in [2.45, 2.75) is 58.1 Å². The minimum absolute atomic E-state index is 0.148. The first-order valence-corrected chi connectivity index (χ1v) is 13.1. The van der Waals surface area contributed by atoms with Gasteiger partial charge in [-0.25, -0.2) is 9.69 Å². The van der Waals surface area contributed by atoms with E-state index in [4.69, 9.17) is 17.0 Å². The van der Waals surface area contributed by atoms with E-state index < -0.39 is 6.23 Å². The highest BCUT2D eigenvalue weighted by Crippen LogP contribution is 2.29. The van der Waals surface area contributed by atoms with Crippen LogP contribution in [0.15, 0.2) is 24.3 Å². The molecule has 31 heavy (non-hydrogen) atoms. The van der Waals surface area contributed by atoms with Gasteiger partial charge >= 0.3 is 6.03 Å². The number of thiocarbonyl (C=S) groups is 1. The number of rotatable bonds is 10. The smallest absolute Gasteiger partial charge is 0.329 e. The Balaban J connectivity index is 1.71. The lowest BCUT2D eigenvalue weighted by Gasteiger charge is -2.37. The lowest BCUT2D eigenvalue weighted by molar-refractivity contribution is 0.128. The molecule has 0 saturated carbocycles. The van der Waals surface area contributed by atoms with E-state index in [0.29, 0.717) is 23.1 Å². The molecule has 0 spiro atoms. The van der Waals surface area contributed by atoms with Gasteiger partial charge in [0, 0.05) is 37.3 Å². The Morgan fingerprint density at radius 2 is 2.13 bits per heavy atom. The minimum atomic E-state index is -0.491. The molecule has 1 aromatic carbocycles. The number of halogens is 1. The Bertz CT molecular complexity index is 892. The van der Waals surface area contributed by atoms with Crippen LogP contribution in [0.3, 0.4) is 0 Å². The predicted octanol–water partition coefficient (Wildman–Crippen LogP) is 5.58. The number of anilines is 1. The first-order chi connectivity index (χ1) is 15.0. The summed E-state index contributed by atoms with van der Waals surface area (Å²) in [7, 11) is 1.78. The van der Waals surface area contributed by atoms with Crippen LogP contribution in [0, 0.1) is 0 Å². The molecule has 1 unspecified atom stereocenters. The van der Waals surface area contributed by atoms with Crippen molar-refractivity contribution in [1.82, 2.24) is 15.1 Å². The van der Waals surface area contributed by atoms with Gasteiger partial charge in [0.15, 0.2) is 11.3 Å². The normalized spacial score (nSPS) is 16.6. The van der Waals surface area contributed by atoms with Gasteiger partial charge in [-0.05, 0) is 36.7 Å². The zero-order valence-corrected chi connectivity index (χ0v) is 21.3. The number of aryl methyl sites for hydroxylation is 2. The third-order valence-electron chi connectivity index (χ3n) is 5.23. The van der Waals surface area contributed by atoms with Gasteiger partial charge in [-0.3, -0.25) is 0 Å². The topological polar surface area (TPSA) is 58.6 Å². The predicted molar refractivity (Wildman–Crippen MR) is 133 cm³/mol. The number of carbonyl (C=O) groups is 1. The van der Waals surface area contributed by atoms with Crippen molar-refractivity contribution < 1.29 is 9.53 Å². The van der Waals surface area contributed by atoms with Crippen molar-refractivity contribution >= 4 is 55.7 Å². The molecule has 9 heteroatoms. The number of aromatic nitrogens is 2. The number of ether oxygens (including phenoxy) is 1. The van der Waals surface area contributed by atoms with E-state index in [9.17, 15) is 4.79 Å². The van der Waals surface area contributed by atoms with E-state index in [0.717, 1.165) is 28.7 Å². The fourth-order valence-electron chi connectivity index (χ4n) is 3.48. The van der Waals surface area contributed by atoms with Gasteiger partial charge in [0.05, 0.1) is 0 Å². The summed E-state index contributed by atoms with van der Waals surface area (Å²) in [6.45, 7) is 2.82. The highest BCUT2D eigenvalue weighted by molar-refractivity contribution is 9.09. The lowest BCUT2D eigenvalue weighted by atomic mass is 10.0. The summed E-state index contributed by atoms with van der Waals surface area (Å²) in [5, 5.41) is 11.1. The number of carbonyl (C=O) groups excluding carboxylic acids is 1. The van der Waals surface area contributed by atoms with Crippen LogP contribution in [0.25, 0.3) is 0 Å². The molecule has 168 valence electrons. The quantitative estimate of drug-likeness (QED) is 0.230. The molecule has 0 bridgehead atoms. The second-order valence-electron chi connectivity index (χ2n) is 7.65. The standard InChI is InChI=1S/C22H29BrN4O2S2/c1-3-4-5-6-8-16-9-7-10-17(15-16)20(30)29-19-12-14-26(2)22(28)27(19)21-25-24-18(31-21)11-13-23/h7,9-10,15,19H,3-6,8,11-14H2,1-2H3. The van der Waals surface area contributed by atoms with E-state index in [1.54, 1.807) is 16.8 Å². The largest absolute Gasteiger partial charge is 0.459 e. The fraction of sp³-hybridized carbons (Fsp3) is 0.545. The number of benzene rings is 1. The van der Waals surface area contributed by atoms with Gasteiger partial charge in [-0.2, -0.15) is 0 Å². The number of nitrogens with zero attached hydrogens (tertiary/aromatic N) is 4. The van der Waals surface area contributed by atoms with Gasteiger partial charge in [0.1, 0.15) is 5.01 Å². The zero-order chi connectivity index (χ0) is 22.2. The van der Waals surface area contributed by atoms with Gasteiger partial charge < -0.3 is 9.64 Å². The van der Waals surface area contributed by atoms with Crippen LogP contribution in [0.5, 0.6) is 0 Å². The van der Waals surface area contributed by atoms with Gasteiger partial charge in [-0.1, -0.05) is 71.7 Å². The third-order valence-corrected chi connectivity index (χ3v) is 6.94. The molecule has 2 amide bonds. The molecule has 1 fully saturated rings. The average molecular weight is 526 g/mol. The summed E-state index contributed by atoms with van der Waals surface area (Å²) in [5.41, 5.74) is 2.14. The lowest BCUT2D eigenvalue weighted by Crippen LogP contribution is -2.54. The molecule has 1 aliphatic heterocycles. The van der Waals surface area contributed by atoms with Crippen LogP contribution in [0.2, 0.25) is 0 Å². The van der Waals surface area contributed by atoms with Crippen LogP contribution in [-0.4, -0.2) is 51.3 Å². The summed E-state index contributed by atoms with van der Waals surface area (Å²) in [6, 6.07) is 8.09. The summed E-state index contributed by atoms with van der Waals surface area (Å²) in [4.78, 5) is 16.2. The van der Waals surface area contributed by atoms with Crippen molar-refractivity contribution in [3.63, 3.8) is 0 Å². The third kappa shape index (κ3) is 6.46. The van der Waals surface area contributed by atoms with Crippen molar-refractivity contribution in [3.8, 4) is 0 Å². The number of alkyl halides is 1. The average Bonchev–Trinajstić information content (AvgIpc) is 3.22. The van der Waals surface area contributed by atoms with Crippen molar-refractivity contribution in [1.29, 1.82) is 0 Å². The molecule has 1 aromatic heterocycles. The maximum absolute atomic E-state index is 12.9. The van der Waals surface area contributed by atoms with Crippen LogP contribution in [0.1, 0.15) is 55.2 Å². The summed E-state index contributed by atoms with van der Waals surface area (Å²) in [5.74, 6) is 0. The first-order valence-electron chi connectivity index (χ1n) is 10.8. The summed E-state index contributed by atoms with van der Waals surface area (Å²) >= 11 is 10.5. The van der Waals surface area contributed by atoms with Gasteiger partial charge in [0.25, 0.3) is 0 Å². The molecule has 2 heterocycles. The molecule has 1 saturated heterocycles. The SMILES string of the molecule is CCCCCCc1cccc(C(=S)OC2CCN(C)C(=O)N2c2nnc(CCBr)s2)c1. The molecule has 2 aromatic rings. The van der Waals surface area contributed by atoms with Gasteiger partial charge in [0.2, 0.25) is 5.13 Å². The van der Waals surface area contributed by atoms with Crippen LogP contribution < -0.4 is 4.90 Å². The maximum Gasteiger partial charge on any atom is 0.329 e. The maximum atomic E-state index is 12.9. The second-order valence-corrected chi connectivity index (χ2v) is 9.86. The number of hydrogen-bond donors (Lipinski definition) is 0. The first kappa shape index (κ1) is 24.1. The van der Waals surface area contributed by atoms with E-state index in [1.165, 1.54) is 42.6 Å². The number of amides is 2. The zero-order valence-electron chi connectivity index (χ0n) is 18.1. The van der Waals surface area contributed by atoms with Gasteiger partial charge in [-0.15, -0.1) is 10.2 Å². The molecule has 0 N–H and O–H groups in total. The molecular weight excluding hydrogens is 496 g/mol. The monoisotopic (exact) mass is 524 g/mol. The van der Waals surface area contributed by atoms with E-state index in [-0.39, 0.29) is 6.03 Å². The Morgan fingerprint density at radius 1 is 1.29 bits per heavy atom. The van der Waals surface area contributed by atoms with E-state index in [1.807, 2.05) is 12.1 Å². The molecule has 6 nitrogen and oxygen atoms in total. The second kappa shape index (κ2) is 11.9. The highest BCUT2D eigenvalue weighted by atomic mass is 79.9. The Labute approximate surface area is 202 Å². The van der Waals surface area contributed by atoms with Crippen molar-refractivity contribution in [2.75, 3.05) is 23.8 Å². The number of unbranched alkanes of at least 4 members (excludes halogenated alkanes) is 3. The molecule has 1 aliphatic rings. The molecular formula is C22H29BrN4O2S2. The number of hydrogen-bond acceptors (Lipinski definition) is 6. The molecule has 0 radical (unpaired) electrons. The Hall–Kier alpha value is -1.58. The molecule has 0 aliphatic carbocycles. The van der Waals surface area contributed by atoms with Crippen LogP contribution in [0.4, 0.5) is 9.93 Å². The summed E-state index contributed by atoms with van der Waals surface area (Å²) in [6.07, 6.45) is 6.88. The van der Waals surface area contributed by atoms with Crippen LogP contribution in [-0.2, 0) is 17.6 Å². The van der Waals surface area contributed by atoms with E-state index >= 15 is 0 Å². The number of urea groups is 1. The van der Waals surface area contributed by atoms with E-state index in [2.05, 4.69) is 45.2 Å². The van der Waals surface area contributed by atoms with Crippen molar-refractivity contribution in [3.05, 3.63) is 40.4 Å². The fourth-order valence-corrected chi connectivity index (χ4v) is 5.23. The summed E-state index contributed by atoms with van der Waals surface area (Å²) < 4.78 is 6.17. The molecule has 3 rings (SSSR count). The highest BCUT2D eigenvalue weighted by Gasteiger charge is 2.37.